The Labute approximate surface area is 140 Å². The van der Waals surface area contributed by atoms with Gasteiger partial charge in [-0.3, -0.25) is 4.79 Å². The van der Waals surface area contributed by atoms with Gasteiger partial charge in [-0.05, 0) is 37.3 Å². The van der Waals surface area contributed by atoms with E-state index in [1.807, 2.05) is 36.1 Å². The largest absolute Gasteiger partial charge is 0.411 e. The number of carbonyl (C=O) groups excluding carboxylic acids is 1. The highest BCUT2D eigenvalue weighted by atomic mass is 32.2. The molecule has 1 aromatic heterocycles. The van der Waals surface area contributed by atoms with E-state index in [0.717, 1.165) is 30.6 Å². The minimum atomic E-state index is 0.150. The molecule has 1 aliphatic heterocycles. The first kappa shape index (κ1) is 16.1. The van der Waals surface area contributed by atoms with Crippen LogP contribution in [-0.4, -0.2) is 39.8 Å². The molecule has 1 fully saturated rings. The van der Waals surface area contributed by atoms with E-state index in [1.165, 1.54) is 18.2 Å². The number of aromatic nitrogens is 2. The predicted octanol–water partition coefficient (Wildman–Crippen LogP) is 3.40. The molecule has 3 rings (SSSR count). The summed E-state index contributed by atoms with van der Waals surface area (Å²) < 4.78 is 5.68. The molecule has 2 aromatic rings. The van der Waals surface area contributed by atoms with Gasteiger partial charge in [-0.25, -0.2) is 0 Å². The normalized spacial score (nSPS) is 18.2. The maximum atomic E-state index is 12.3. The van der Waals surface area contributed by atoms with Crippen LogP contribution in [0.3, 0.4) is 0 Å². The standard InChI is InChI=1S/C17H21N3O2S/c1-12-6-5-9-20(10-12)15(21)11-23-17-19-18-16(22-17)14-8-4-3-7-13(14)2/h3-4,7-8,12H,5-6,9-11H2,1-2H3. The molecule has 0 spiro atoms. The molecule has 5 nitrogen and oxygen atoms in total. The molecule has 1 atom stereocenters. The van der Waals surface area contributed by atoms with E-state index in [2.05, 4.69) is 17.1 Å². The average Bonchev–Trinajstić information content (AvgIpc) is 3.02. The number of likely N-dealkylation sites (tertiary alicyclic amines) is 1. The first-order valence-electron chi connectivity index (χ1n) is 7.93. The molecule has 1 unspecified atom stereocenters. The van der Waals surface area contributed by atoms with Crippen LogP contribution in [0.4, 0.5) is 0 Å². The topological polar surface area (TPSA) is 59.2 Å². The van der Waals surface area contributed by atoms with Crippen molar-refractivity contribution in [1.29, 1.82) is 0 Å². The van der Waals surface area contributed by atoms with E-state index in [-0.39, 0.29) is 5.91 Å². The Hall–Kier alpha value is -1.82. The first-order valence-corrected chi connectivity index (χ1v) is 8.92. The summed E-state index contributed by atoms with van der Waals surface area (Å²) in [5.41, 5.74) is 2.02. The number of hydrogen-bond acceptors (Lipinski definition) is 5. The molecule has 0 N–H and O–H groups in total. The Balaban J connectivity index is 1.59. The smallest absolute Gasteiger partial charge is 0.277 e. The molecule has 0 radical (unpaired) electrons. The minimum absolute atomic E-state index is 0.150. The van der Waals surface area contributed by atoms with E-state index in [0.29, 0.717) is 22.8 Å². The minimum Gasteiger partial charge on any atom is -0.411 e. The number of thioether (sulfide) groups is 1. The Bertz CT molecular complexity index is 686. The van der Waals surface area contributed by atoms with Crippen LogP contribution in [0.15, 0.2) is 33.9 Å². The SMILES string of the molecule is Cc1ccccc1-c1nnc(SCC(=O)N2CCCC(C)C2)o1. The molecule has 1 amide bonds. The van der Waals surface area contributed by atoms with Crippen molar-refractivity contribution < 1.29 is 9.21 Å². The lowest BCUT2D eigenvalue weighted by atomic mass is 10.0. The summed E-state index contributed by atoms with van der Waals surface area (Å²) in [5, 5.41) is 8.57. The lowest BCUT2D eigenvalue weighted by molar-refractivity contribution is -0.130. The number of piperidine rings is 1. The van der Waals surface area contributed by atoms with Gasteiger partial charge in [0.25, 0.3) is 5.22 Å². The molecule has 1 aliphatic rings. The maximum absolute atomic E-state index is 12.3. The second-order valence-electron chi connectivity index (χ2n) is 6.06. The van der Waals surface area contributed by atoms with Crippen LogP contribution in [0.5, 0.6) is 0 Å². The molecule has 6 heteroatoms. The van der Waals surface area contributed by atoms with Crippen molar-refractivity contribution in [2.75, 3.05) is 18.8 Å². The summed E-state index contributed by atoms with van der Waals surface area (Å²) in [5.74, 6) is 1.60. The van der Waals surface area contributed by atoms with Gasteiger partial charge in [0.1, 0.15) is 0 Å². The fourth-order valence-electron chi connectivity index (χ4n) is 2.82. The number of amides is 1. The molecular formula is C17H21N3O2S. The molecule has 122 valence electrons. The van der Waals surface area contributed by atoms with Gasteiger partial charge in [0.05, 0.1) is 5.75 Å². The zero-order chi connectivity index (χ0) is 16.2. The fourth-order valence-corrected chi connectivity index (χ4v) is 3.49. The van der Waals surface area contributed by atoms with Gasteiger partial charge >= 0.3 is 0 Å². The monoisotopic (exact) mass is 331 g/mol. The van der Waals surface area contributed by atoms with Gasteiger partial charge in [-0.2, -0.15) is 0 Å². The van der Waals surface area contributed by atoms with E-state index in [4.69, 9.17) is 4.42 Å². The zero-order valence-electron chi connectivity index (χ0n) is 13.5. The van der Waals surface area contributed by atoms with Gasteiger partial charge < -0.3 is 9.32 Å². The lowest BCUT2D eigenvalue weighted by Gasteiger charge is -2.30. The summed E-state index contributed by atoms with van der Waals surface area (Å²) in [6, 6.07) is 7.88. The number of nitrogens with zero attached hydrogens (tertiary/aromatic N) is 3. The Morgan fingerprint density at radius 1 is 1.39 bits per heavy atom. The van der Waals surface area contributed by atoms with Crippen molar-refractivity contribution in [1.82, 2.24) is 15.1 Å². The third-order valence-corrected chi connectivity index (χ3v) is 4.91. The number of hydrogen-bond donors (Lipinski definition) is 0. The summed E-state index contributed by atoms with van der Waals surface area (Å²) in [7, 11) is 0. The molecule has 23 heavy (non-hydrogen) atoms. The van der Waals surface area contributed by atoms with Gasteiger partial charge in [0.2, 0.25) is 11.8 Å². The second kappa shape index (κ2) is 7.17. The Morgan fingerprint density at radius 3 is 3.00 bits per heavy atom. The van der Waals surface area contributed by atoms with Gasteiger partial charge in [0, 0.05) is 18.7 Å². The van der Waals surface area contributed by atoms with E-state index in [1.54, 1.807) is 0 Å². The van der Waals surface area contributed by atoms with Crippen molar-refractivity contribution >= 4 is 17.7 Å². The van der Waals surface area contributed by atoms with Crippen molar-refractivity contribution in [2.24, 2.45) is 5.92 Å². The number of aryl methyl sites for hydroxylation is 1. The molecular weight excluding hydrogens is 310 g/mol. The lowest BCUT2D eigenvalue weighted by Crippen LogP contribution is -2.40. The van der Waals surface area contributed by atoms with Crippen molar-refractivity contribution in [3.63, 3.8) is 0 Å². The summed E-state index contributed by atoms with van der Waals surface area (Å²) in [6.45, 7) is 5.92. The quantitative estimate of drug-likeness (QED) is 0.804. The molecule has 1 aromatic carbocycles. The second-order valence-corrected chi connectivity index (χ2v) is 6.99. The molecule has 1 saturated heterocycles. The Kier molecular flexibility index (Phi) is 5.00. The maximum Gasteiger partial charge on any atom is 0.277 e. The summed E-state index contributed by atoms with van der Waals surface area (Å²) >= 11 is 1.31. The van der Waals surface area contributed by atoms with Gasteiger partial charge in [0.15, 0.2) is 0 Å². The van der Waals surface area contributed by atoms with Crippen LogP contribution in [-0.2, 0) is 4.79 Å². The average molecular weight is 331 g/mol. The van der Waals surface area contributed by atoms with Crippen molar-refractivity contribution in [3.05, 3.63) is 29.8 Å². The molecule has 0 bridgehead atoms. The third kappa shape index (κ3) is 3.93. The van der Waals surface area contributed by atoms with Crippen LogP contribution < -0.4 is 0 Å². The Morgan fingerprint density at radius 2 is 2.22 bits per heavy atom. The molecule has 0 aliphatic carbocycles. The number of carbonyl (C=O) groups is 1. The van der Waals surface area contributed by atoms with E-state index in [9.17, 15) is 4.79 Å². The van der Waals surface area contributed by atoms with Crippen LogP contribution in [0.2, 0.25) is 0 Å². The van der Waals surface area contributed by atoms with Gasteiger partial charge in [-0.1, -0.05) is 36.9 Å². The summed E-state index contributed by atoms with van der Waals surface area (Å²) in [6.07, 6.45) is 2.30. The predicted molar refractivity (Wildman–Crippen MR) is 90.2 cm³/mol. The van der Waals surface area contributed by atoms with E-state index < -0.39 is 0 Å². The fraction of sp³-hybridized carbons (Fsp3) is 0.471. The highest BCUT2D eigenvalue weighted by molar-refractivity contribution is 7.99. The molecule has 2 heterocycles. The van der Waals surface area contributed by atoms with Gasteiger partial charge in [-0.15, -0.1) is 10.2 Å². The molecule has 0 saturated carbocycles. The number of benzene rings is 1. The zero-order valence-corrected chi connectivity index (χ0v) is 14.3. The van der Waals surface area contributed by atoms with Crippen molar-refractivity contribution in [3.8, 4) is 11.5 Å². The van der Waals surface area contributed by atoms with Crippen molar-refractivity contribution in [2.45, 2.75) is 31.9 Å². The number of rotatable bonds is 4. The third-order valence-electron chi connectivity index (χ3n) is 4.11. The highest BCUT2D eigenvalue weighted by Gasteiger charge is 2.21. The first-order chi connectivity index (χ1) is 11.1. The van der Waals surface area contributed by atoms with Crippen LogP contribution in [0.25, 0.3) is 11.5 Å². The van der Waals surface area contributed by atoms with Crippen LogP contribution in [0, 0.1) is 12.8 Å². The van der Waals surface area contributed by atoms with Crippen LogP contribution >= 0.6 is 11.8 Å². The van der Waals surface area contributed by atoms with Crippen LogP contribution in [0.1, 0.15) is 25.3 Å². The summed E-state index contributed by atoms with van der Waals surface area (Å²) in [4.78, 5) is 14.2. The van der Waals surface area contributed by atoms with E-state index >= 15 is 0 Å². The highest BCUT2D eigenvalue weighted by Crippen LogP contribution is 2.26.